The van der Waals surface area contributed by atoms with Gasteiger partial charge >= 0.3 is 6.09 Å². The standard InChI is InChI=1S/C27H43N3O4/c1-18(2)12-23(29-25(32)34-17-19-10-8-7-9-11-19)22-13-20(22)14-24(31)28-21-15-26(3,4)30(33)27(5,6)16-21/h7-11,18,20-23,33H,12-17H2,1-6H3,(H,28,31)(H,29,32)/t20-,22+,23-/m0/s1. The Balaban J connectivity index is 1.48. The molecule has 190 valence electrons. The molecule has 1 heterocycles. The lowest BCUT2D eigenvalue weighted by atomic mass is 9.79. The number of nitrogens with one attached hydrogen (secondary N) is 2. The second kappa shape index (κ2) is 10.6. The van der Waals surface area contributed by atoms with Crippen molar-refractivity contribution in [1.29, 1.82) is 0 Å². The number of ether oxygens (including phenoxy) is 1. The number of hydrogen-bond acceptors (Lipinski definition) is 5. The Morgan fingerprint density at radius 1 is 1.12 bits per heavy atom. The molecule has 3 N–H and O–H groups in total. The molecule has 34 heavy (non-hydrogen) atoms. The number of hydrogen-bond donors (Lipinski definition) is 3. The highest BCUT2D eigenvalue weighted by Crippen LogP contribution is 2.45. The van der Waals surface area contributed by atoms with Crippen LogP contribution in [0.3, 0.4) is 0 Å². The number of piperidine rings is 1. The molecular weight excluding hydrogens is 430 g/mol. The molecule has 0 bridgehead atoms. The number of rotatable bonds is 9. The van der Waals surface area contributed by atoms with Crippen molar-refractivity contribution in [3.63, 3.8) is 0 Å². The van der Waals surface area contributed by atoms with Crippen LogP contribution in [0.2, 0.25) is 0 Å². The average Bonchev–Trinajstić information content (AvgIpc) is 3.49. The van der Waals surface area contributed by atoms with E-state index in [-0.39, 0.29) is 30.5 Å². The Labute approximate surface area is 204 Å². The normalized spacial score (nSPS) is 24.9. The summed E-state index contributed by atoms with van der Waals surface area (Å²) in [5, 5.41) is 18.2. The topological polar surface area (TPSA) is 90.9 Å². The van der Waals surface area contributed by atoms with Crippen LogP contribution in [0.15, 0.2) is 30.3 Å². The zero-order valence-electron chi connectivity index (χ0n) is 21.6. The van der Waals surface area contributed by atoms with Gasteiger partial charge in [0, 0.05) is 29.6 Å². The lowest BCUT2D eigenvalue weighted by Crippen LogP contribution is -2.62. The van der Waals surface area contributed by atoms with E-state index in [1.807, 2.05) is 58.0 Å². The largest absolute Gasteiger partial charge is 0.445 e. The molecule has 3 atom stereocenters. The zero-order valence-corrected chi connectivity index (χ0v) is 21.6. The summed E-state index contributed by atoms with van der Waals surface area (Å²) in [6.07, 6.45) is 3.29. The van der Waals surface area contributed by atoms with E-state index in [9.17, 15) is 14.8 Å². The molecule has 3 rings (SSSR count). The van der Waals surface area contributed by atoms with Crippen LogP contribution in [0.1, 0.15) is 79.2 Å². The van der Waals surface area contributed by atoms with E-state index in [0.717, 1.165) is 18.4 Å². The highest BCUT2D eigenvalue weighted by molar-refractivity contribution is 5.77. The Bertz CT molecular complexity index is 822. The van der Waals surface area contributed by atoms with E-state index in [0.29, 0.717) is 31.1 Å². The first kappa shape index (κ1) is 26.5. The predicted molar refractivity (Wildman–Crippen MR) is 132 cm³/mol. The SMILES string of the molecule is CC(C)C[C@H](NC(=O)OCc1ccccc1)[C@@H]1C[C@H]1CC(=O)NC1CC(C)(C)N(O)C(C)(C)C1. The van der Waals surface area contributed by atoms with Gasteiger partial charge in [-0.25, -0.2) is 4.79 Å². The number of alkyl carbamates (subject to hydrolysis) is 1. The van der Waals surface area contributed by atoms with Crippen molar-refractivity contribution >= 4 is 12.0 Å². The van der Waals surface area contributed by atoms with Crippen LogP contribution >= 0.6 is 0 Å². The minimum absolute atomic E-state index is 0.0107. The summed E-state index contributed by atoms with van der Waals surface area (Å²) < 4.78 is 5.43. The molecule has 1 aliphatic carbocycles. The summed E-state index contributed by atoms with van der Waals surface area (Å²) in [5.74, 6) is 1.06. The molecule has 0 radical (unpaired) electrons. The molecule has 1 aromatic rings. The van der Waals surface area contributed by atoms with Crippen molar-refractivity contribution in [3.8, 4) is 0 Å². The van der Waals surface area contributed by atoms with E-state index in [4.69, 9.17) is 4.74 Å². The molecule has 7 heteroatoms. The maximum atomic E-state index is 12.8. The summed E-state index contributed by atoms with van der Waals surface area (Å²) in [7, 11) is 0. The lowest BCUT2D eigenvalue weighted by molar-refractivity contribution is -0.246. The number of benzene rings is 1. The van der Waals surface area contributed by atoms with Crippen LogP contribution in [-0.4, -0.2) is 45.4 Å². The van der Waals surface area contributed by atoms with E-state index in [2.05, 4.69) is 24.5 Å². The minimum Gasteiger partial charge on any atom is -0.445 e. The van der Waals surface area contributed by atoms with Gasteiger partial charge in [-0.15, -0.1) is 0 Å². The van der Waals surface area contributed by atoms with E-state index >= 15 is 0 Å². The molecule has 2 amide bonds. The van der Waals surface area contributed by atoms with Crippen LogP contribution in [0, 0.1) is 17.8 Å². The fourth-order valence-corrected chi connectivity index (χ4v) is 5.66. The smallest absolute Gasteiger partial charge is 0.407 e. The molecule has 7 nitrogen and oxygen atoms in total. The molecule has 2 aliphatic rings. The second-order valence-corrected chi connectivity index (χ2v) is 11.9. The third-order valence-corrected chi connectivity index (χ3v) is 7.19. The van der Waals surface area contributed by atoms with Crippen LogP contribution < -0.4 is 10.6 Å². The number of nitrogens with zero attached hydrogens (tertiary/aromatic N) is 1. The summed E-state index contributed by atoms with van der Waals surface area (Å²) in [5.41, 5.74) is 0.167. The third kappa shape index (κ3) is 7.19. The first-order chi connectivity index (χ1) is 15.9. The van der Waals surface area contributed by atoms with Gasteiger partial charge in [-0.3, -0.25) is 4.79 Å². The van der Waals surface area contributed by atoms with Crippen molar-refractivity contribution in [1.82, 2.24) is 15.7 Å². The number of hydroxylamine groups is 2. The summed E-state index contributed by atoms with van der Waals surface area (Å²) >= 11 is 0. The Kier molecular flexibility index (Phi) is 8.30. The van der Waals surface area contributed by atoms with E-state index in [1.54, 1.807) is 0 Å². The first-order valence-electron chi connectivity index (χ1n) is 12.6. The highest BCUT2D eigenvalue weighted by atomic mass is 16.5. The molecular formula is C27H43N3O4. The summed E-state index contributed by atoms with van der Waals surface area (Å²) in [6.45, 7) is 12.5. The van der Waals surface area contributed by atoms with Crippen molar-refractivity contribution in [2.75, 3.05) is 0 Å². The van der Waals surface area contributed by atoms with Crippen molar-refractivity contribution in [3.05, 3.63) is 35.9 Å². The van der Waals surface area contributed by atoms with Crippen molar-refractivity contribution in [2.24, 2.45) is 17.8 Å². The molecule has 2 fully saturated rings. The van der Waals surface area contributed by atoms with Gasteiger partial charge in [-0.2, -0.15) is 5.06 Å². The van der Waals surface area contributed by atoms with Gasteiger partial charge in [0.1, 0.15) is 6.61 Å². The molecule has 0 aromatic heterocycles. The van der Waals surface area contributed by atoms with Gasteiger partial charge in [0.05, 0.1) is 0 Å². The Hall–Kier alpha value is -2.12. The minimum atomic E-state index is -0.398. The Morgan fingerprint density at radius 3 is 2.32 bits per heavy atom. The van der Waals surface area contributed by atoms with Gasteiger partial charge in [0.2, 0.25) is 5.91 Å². The van der Waals surface area contributed by atoms with Crippen LogP contribution in [-0.2, 0) is 16.1 Å². The van der Waals surface area contributed by atoms with Crippen LogP contribution in [0.25, 0.3) is 0 Å². The zero-order chi connectivity index (χ0) is 25.1. The molecule has 1 aromatic carbocycles. The number of amides is 2. The number of carbonyl (C=O) groups excluding carboxylic acids is 2. The Morgan fingerprint density at radius 2 is 1.74 bits per heavy atom. The maximum absolute atomic E-state index is 12.8. The van der Waals surface area contributed by atoms with E-state index in [1.165, 1.54) is 5.06 Å². The quantitative estimate of drug-likeness (QED) is 0.475. The number of carbonyl (C=O) groups is 2. The predicted octanol–water partition coefficient (Wildman–Crippen LogP) is 4.88. The van der Waals surface area contributed by atoms with Crippen molar-refractivity contribution < 1.29 is 19.5 Å². The first-order valence-corrected chi connectivity index (χ1v) is 12.6. The summed E-state index contributed by atoms with van der Waals surface area (Å²) in [6, 6.07) is 9.69. The van der Waals surface area contributed by atoms with Gasteiger partial charge in [0.25, 0.3) is 0 Å². The molecule has 1 aliphatic heterocycles. The van der Waals surface area contributed by atoms with Crippen LogP contribution in [0.4, 0.5) is 4.79 Å². The molecule has 0 unspecified atom stereocenters. The maximum Gasteiger partial charge on any atom is 0.407 e. The fraction of sp³-hybridized carbons (Fsp3) is 0.704. The van der Waals surface area contributed by atoms with Gasteiger partial charge in [-0.05, 0) is 76.7 Å². The van der Waals surface area contributed by atoms with Gasteiger partial charge in [-0.1, -0.05) is 44.2 Å². The monoisotopic (exact) mass is 473 g/mol. The molecule has 1 saturated heterocycles. The highest BCUT2D eigenvalue weighted by Gasteiger charge is 2.47. The molecule has 0 spiro atoms. The summed E-state index contributed by atoms with van der Waals surface area (Å²) in [4.78, 5) is 25.3. The van der Waals surface area contributed by atoms with Gasteiger partial charge < -0.3 is 20.6 Å². The van der Waals surface area contributed by atoms with Crippen LogP contribution in [0.5, 0.6) is 0 Å². The third-order valence-electron chi connectivity index (χ3n) is 7.19. The fourth-order valence-electron chi connectivity index (χ4n) is 5.66. The van der Waals surface area contributed by atoms with E-state index < -0.39 is 17.2 Å². The van der Waals surface area contributed by atoms with Gasteiger partial charge in [0.15, 0.2) is 0 Å². The van der Waals surface area contributed by atoms with Crippen molar-refractivity contribution in [2.45, 2.75) is 103 Å². The molecule has 1 saturated carbocycles. The average molecular weight is 474 g/mol. The lowest BCUT2D eigenvalue weighted by Gasteiger charge is -2.51. The second-order valence-electron chi connectivity index (χ2n) is 11.9.